The van der Waals surface area contributed by atoms with Gasteiger partial charge in [0, 0.05) is 18.3 Å². The fourth-order valence-corrected chi connectivity index (χ4v) is 4.20. The Morgan fingerprint density at radius 2 is 1.97 bits per heavy atom. The Morgan fingerprint density at radius 3 is 2.59 bits per heavy atom. The summed E-state index contributed by atoms with van der Waals surface area (Å²) in [5, 5.41) is 7.34. The van der Waals surface area contributed by atoms with Gasteiger partial charge in [-0.3, -0.25) is 9.48 Å². The summed E-state index contributed by atoms with van der Waals surface area (Å²) in [7, 11) is 0. The Morgan fingerprint density at radius 1 is 1.28 bits per heavy atom. The van der Waals surface area contributed by atoms with E-state index in [0.717, 1.165) is 56.8 Å². The van der Waals surface area contributed by atoms with E-state index in [2.05, 4.69) is 28.9 Å². The van der Waals surface area contributed by atoms with Gasteiger partial charge in [-0.25, -0.2) is 0 Å². The van der Waals surface area contributed by atoms with Crippen LogP contribution >= 0.6 is 11.6 Å². The minimum atomic E-state index is -4.51. The summed E-state index contributed by atoms with van der Waals surface area (Å²) in [6, 6.07) is 2.75. The van der Waals surface area contributed by atoms with Gasteiger partial charge in [-0.2, -0.15) is 18.3 Å². The quantitative estimate of drug-likeness (QED) is 0.693. The summed E-state index contributed by atoms with van der Waals surface area (Å²) >= 11 is 5.96. The number of alkyl halides is 3. The van der Waals surface area contributed by atoms with Crippen molar-refractivity contribution in [2.45, 2.75) is 64.7 Å². The van der Waals surface area contributed by atoms with Crippen molar-refractivity contribution in [3.63, 3.8) is 0 Å². The van der Waals surface area contributed by atoms with E-state index in [1.165, 1.54) is 11.3 Å². The first-order chi connectivity index (χ1) is 13.7. The van der Waals surface area contributed by atoms with Crippen molar-refractivity contribution in [2.24, 2.45) is 5.92 Å². The molecule has 29 heavy (non-hydrogen) atoms. The third-order valence-corrected chi connectivity index (χ3v) is 5.97. The number of carbonyl (C=O) groups is 1. The first kappa shape index (κ1) is 21.7. The number of rotatable bonds is 5. The Balaban J connectivity index is 1.57. The molecule has 0 bridgehead atoms. The summed E-state index contributed by atoms with van der Waals surface area (Å²) in [5.41, 5.74) is 1.44. The van der Waals surface area contributed by atoms with E-state index in [9.17, 15) is 18.0 Å². The Labute approximate surface area is 173 Å². The van der Waals surface area contributed by atoms with Gasteiger partial charge in [-0.15, -0.1) is 0 Å². The molecule has 8 heteroatoms. The van der Waals surface area contributed by atoms with E-state index < -0.39 is 17.6 Å². The van der Waals surface area contributed by atoms with Crippen molar-refractivity contribution in [3.8, 4) is 0 Å². The van der Waals surface area contributed by atoms with Gasteiger partial charge >= 0.3 is 6.18 Å². The Kier molecular flexibility index (Phi) is 6.56. The van der Waals surface area contributed by atoms with Crippen LogP contribution in [0.1, 0.15) is 59.8 Å². The van der Waals surface area contributed by atoms with Crippen LogP contribution in [0.5, 0.6) is 0 Å². The van der Waals surface area contributed by atoms with Crippen molar-refractivity contribution in [1.29, 1.82) is 0 Å². The maximum absolute atomic E-state index is 12.9. The lowest BCUT2D eigenvalue weighted by Crippen LogP contribution is -2.38. The zero-order chi connectivity index (χ0) is 21.2. The molecule has 0 spiro atoms. The lowest BCUT2D eigenvalue weighted by atomic mass is 9.86. The minimum absolute atomic E-state index is 0.0188. The zero-order valence-corrected chi connectivity index (χ0v) is 17.3. The van der Waals surface area contributed by atoms with Crippen molar-refractivity contribution in [3.05, 3.63) is 51.8 Å². The predicted octanol–water partition coefficient (Wildman–Crippen LogP) is 5.41. The summed E-state index contributed by atoms with van der Waals surface area (Å²) in [6.07, 6.45) is 1.76. The second kappa shape index (κ2) is 8.78. The highest BCUT2D eigenvalue weighted by Crippen LogP contribution is 2.32. The fourth-order valence-electron chi connectivity index (χ4n) is 4.00. The average Bonchev–Trinajstić information content (AvgIpc) is 3.02. The van der Waals surface area contributed by atoms with Crippen LogP contribution < -0.4 is 5.32 Å². The summed E-state index contributed by atoms with van der Waals surface area (Å²) in [4.78, 5) is 12.5. The molecule has 0 atom stereocenters. The van der Waals surface area contributed by atoms with Gasteiger partial charge in [-0.1, -0.05) is 18.5 Å². The molecule has 0 unspecified atom stereocenters. The third-order valence-electron chi connectivity index (χ3n) is 5.64. The van der Waals surface area contributed by atoms with Crippen LogP contribution in [-0.4, -0.2) is 21.7 Å². The largest absolute Gasteiger partial charge is 0.416 e. The highest BCUT2D eigenvalue weighted by molar-refractivity contribution is 6.33. The predicted molar refractivity (Wildman–Crippen MR) is 106 cm³/mol. The summed E-state index contributed by atoms with van der Waals surface area (Å²) in [6.45, 7) is 5.04. The minimum Gasteiger partial charge on any atom is -0.349 e. The molecular formula is C21H25ClF3N3O. The molecule has 1 aromatic heterocycles. The first-order valence-electron chi connectivity index (χ1n) is 9.88. The van der Waals surface area contributed by atoms with E-state index in [1.807, 2.05) is 6.20 Å². The zero-order valence-electron chi connectivity index (χ0n) is 16.5. The lowest BCUT2D eigenvalue weighted by Gasteiger charge is -2.29. The van der Waals surface area contributed by atoms with E-state index in [4.69, 9.17) is 11.6 Å². The number of nitrogens with zero attached hydrogens (tertiary/aromatic N) is 2. The number of benzene rings is 1. The number of halogens is 4. The molecule has 1 amide bonds. The van der Waals surface area contributed by atoms with Gasteiger partial charge in [0.1, 0.15) is 0 Å². The van der Waals surface area contributed by atoms with E-state index in [0.29, 0.717) is 5.92 Å². The molecule has 1 heterocycles. The number of hydrogen-bond donors (Lipinski definition) is 1. The van der Waals surface area contributed by atoms with Crippen LogP contribution in [0.4, 0.5) is 13.2 Å². The number of amides is 1. The highest BCUT2D eigenvalue weighted by Gasteiger charge is 2.32. The topological polar surface area (TPSA) is 46.9 Å². The van der Waals surface area contributed by atoms with E-state index in [1.54, 1.807) is 0 Å². The smallest absolute Gasteiger partial charge is 0.349 e. The van der Waals surface area contributed by atoms with Gasteiger partial charge < -0.3 is 5.32 Å². The number of carbonyl (C=O) groups excluding carboxylic acids is 1. The molecule has 2 aromatic rings. The molecule has 0 aliphatic heterocycles. The monoisotopic (exact) mass is 427 g/mol. The first-order valence-corrected chi connectivity index (χ1v) is 10.3. The van der Waals surface area contributed by atoms with Gasteiger partial charge in [0.15, 0.2) is 0 Å². The Hall–Kier alpha value is -2.02. The second-order valence-corrected chi connectivity index (χ2v) is 8.10. The maximum Gasteiger partial charge on any atom is 0.416 e. The molecule has 0 radical (unpaired) electrons. The second-order valence-electron chi connectivity index (χ2n) is 7.69. The summed E-state index contributed by atoms with van der Waals surface area (Å²) in [5.74, 6) is -0.0783. The molecule has 1 aliphatic carbocycles. The Bertz CT molecular complexity index is 871. The SMILES string of the molecule is CCc1c(C)cnn1CC1CCC(NC(=O)c2cc(C(F)(F)F)ccc2Cl)CC1. The van der Waals surface area contributed by atoms with Crippen LogP contribution in [0.15, 0.2) is 24.4 Å². The lowest BCUT2D eigenvalue weighted by molar-refractivity contribution is -0.137. The maximum atomic E-state index is 12.9. The highest BCUT2D eigenvalue weighted by atomic mass is 35.5. The van der Waals surface area contributed by atoms with Crippen molar-refractivity contribution in [1.82, 2.24) is 15.1 Å². The van der Waals surface area contributed by atoms with Gasteiger partial charge in [0.25, 0.3) is 5.91 Å². The van der Waals surface area contributed by atoms with Gasteiger partial charge in [0.05, 0.1) is 22.3 Å². The van der Waals surface area contributed by atoms with Gasteiger partial charge in [0.2, 0.25) is 0 Å². The molecule has 4 nitrogen and oxygen atoms in total. The number of hydrogen-bond acceptors (Lipinski definition) is 2. The van der Waals surface area contributed by atoms with Crippen LogP contribution in [0.2, 0.25) is 5.02 Å². The normalized spacial score (nSPS) is 19.9. The third kappa shape index (κ3) is 5.13. The molecule has 1 aliphatic rings. The van der Waals surface area contributed by atoms with Crippen LogP contribution in [-0.2, 0) is 19.1 Å². The number of aryl methyl sites for hydroxylation is 1. The molecule has 0 saturated heterocycles. The molecule has 1 N–H and O–H groups in total. The van der Waals surface area contributed by atoms with Crippen LogP contribution in [0, 0.1) is 12.8 Å². The standard InChI is InChI=1S/C21H25ClF3N3O/c1-3-19-13(2)11-26-28(19)12-14-4-7-16(8-5-14)27-20(29)17-10-15(21(23,24)25)6-9-18(17)22/h6,9-11,14,16H,3-5,7-8,12H2,1-2H3,(H,27,29). The van der Waals surface area contributed by atoms with Crippen molar-refractivity contribution in [2.75, 3.05) is 0 Å². The van der Waals surface area contributed by atoms with E-state index >= 15 is 0 Å². The molecule has 1 fully saturated rings. The molecule has 3 rings (SSSR count). The van der Waals surface area contributed by atoms with Crippen LogP contribution in [0.25, 0.3) is 0 Å². The van der Waals surface area contributed by atoms with Crippen molar-refractivity contribution < 1.29 is 18.0 Å². The summed E-state index contributed by atoms with van der Waals surface area (Å²) < 4.78 is 40.8. The number of nitrogens with one attached hydrogen (secondary N) is 1. The molecule has 158 valence electrons. The molecule has 1 saturated carbocycles. The molecule has 1 aromatic carbocycles. The van der Waals surface area contributed by atoms with E-state index in [-0.39, 0.29) is 16.6 Å². The average molecular weight is 428 g/mol. The van der Waals surface area contributed by atoms with Crippen molar-refractivity contribution >= 4 is 17.5 Å². The van der Waals surface area contributed by atoms with Gasteiger partial charge in [-0.05, 0) is 68.7 Å². The molecular weight excluding hydrogens is 403 g/mol. The van der Waals surface area contributed by atoms with Crippen LogP contribution in [0.3, 0.4) is 0 Å². The fraction of sp³-hybridized carbons (Fsp3) is 0.524. The number of aromatic nitrogens is 2.